The van der Waals surface area contributed by atoms with Crippen LogP contribution in [0.4, 0.5) is 0 Å². The minimum absolute atomic E-state index is 0.0486. The summed E-state index contributed by atoms with van der Waals surface area (Å²) < 4.78 is 16.1. The van der Waals surface area contributed by atoms with Gasteiger partial charge in [-0.15, -0.1) is 0 Å². The molecule has 2 aromatic rings. The summed E-state index contributed by atoms with van der Waals surface area (Å²) in [5.74, 6) is -0.985. The molecule has 0 aliphatic rings. The number of carbonyl (C=O) groups is 3. The Labute approximate surface area is 163 Å². The Kier molecular flexibility index (Phi) is 7.14. The molecule has 0 radical (unpaired) electrons. The van der Waals surface area contributed by atoms with Crippen LogP contribution in [0.1, 0.15) is 47.1 Å². The molecule has 0 heterocycles. The number of benzene rings is 2. The van der Waals surface area contributed by atoms with Gasteiger partial charge in [0.1, 0.15) is 0 Å². The van der Waals surface area contributed by atoms with Crippen molar-refractivity contribution in [2.75, 3.05) is 13.2 Å². The zero-order valence-corrected chi connectivity index (χ0v) is 16.1. The van der Waals surface area contributed by atoms with Crippen molar-refractivity contribution in [1.82, 2.24) is 0 Å². The first-order valence-electron chi connectivity index (χ1n) is 8.92. The smallest absolute Gasteiger partial charge is 0.339 e. The summed E-state index contributed by atoms with van der Waals surface area (Å²) in [6, 6.07) is 11.0. The van der Waals surface area contributed by atoms with E-state index in [0.29, 0.717) is 30.3 Å². The lowest BCUT2D eigenvalue weighted by atomic mass is 9.98. The lowest BCUT2D eigenvalue weighted by Gasteiger charge is -2.14. The molecular formula is C21H23NO6. The van der Waals surface area contributed by atoms with Gasteiger partial charge in [-0.1, -0.05) is 18.2 Å². The molecule has 0 saturated carbocycles. The molecule has 0 bridgehead atoms. The summed E-state index contributed by atoms with van der Waals surface area (Å²) in [7, 11) is 0. The number of hydrogen-bond donors (Lipinski definition) is 1. The number of amides is 1. The monoisotopic (exact) mass is 385 g/mol. The van der Waals surface area contributed by atoms with Crippen LogP contribution < -0.4 is 15.2 Å². The second-order valence-corrected chi connectivity index (χ2v) is 5.85. The molecule has 148 valence electrons. The maximum atomic E-state index is 13.0. The van der Waals surface area contributed by atoms with Crippen molar-refractivity contribution in [1.29, 1.82) is 0 Å². The van der Waals surface area contributed by atoms with Crippen molar-refractivity contribution >= 4 is 17.7 Å². The highest BCUT2D eigenvalue weighted by Gasteiger charge is 2.23. The Hall–Kier alpha value is -3.35. The molecule has 1 unspecified atom stereocenters. The largest absolute Gasteiger partial charge is 0.490 e. The molecule has 7 heteroatoms. The van der Waals surface area contributed by atoms with E-state index in [0.717, 1.165) is 0 Å². The Balaban J connectivity index is 2.38. The van der Waals surface area contributed by atoms with Crippen LogP contribution in [0.3, 0.4) is 0 Å². The zero-order valence-electron chi connectivity index (χ0n) is 16.1. The fraction of sp³-hybridized carbons (Fsp3) is 0.286. The molecule has 28 heavy (non-hydrogen) atoms. The summed E-state index contributed by atoms with van der Waals surface area (Å²) in [6.07, 6.45) is -1.11. The van der Waals surface area contributed by atoms with E-state index >= 15 is 0 Å². The average Bonchev–Trinajstić information content (AvgIpc) is 2.69. The maximum Gasteiger partial charge on any atom is 0.339 e. The summed E-state index contributed by atoms with van der Waals surface area (Å²) in [4.78, 5) is 36.6. The van der Waals surface area contributed by atoms with Crippen LogP contribution in [0.25, 0.3) is 0 Å². The molecule has 2 aromatic carbocycles. The summed E-state index contributed by atoms with van der Waals surface area (Å²) >= 11 is 0. The number of nitrogens with two attached hydrogens (primary N) is 1. The Morgan fingerprint density at radius 2 is 1.54 bits per heavy atom. The second kappa shape index (κ2) is 9.55. The second-order valence-electron chi connectivity index (χ2n) is 5.85. The van der Waals surface area contributed by atoms with Gasteiger partial charge >= 0.3 is 5.97 Å². The van der Waals surface area contributed by atoms with Gasteiger partial charge in [-0.05, 0) is 45.0 Å². The van der Waals surface area contributed by atoms with Crippen LogP contribution >= 0.6 is 0 Å². The molecule has 0 saturated heterocycles. The molecule has 2 N–H and O–H groups in total. The van der Waals surface area contributed by atoms with Gasteiger partial charge in [-0.2, -0.15) is 0 Å². The third-order valence-electron chi connectivity index (χ3n) is 3.88. The molecule has 0 aliphatic carbocycles. The van der Waals surface area contributed by atoms with Gasteiger partial charge in [0.25, 0.3) is 5.91 Å². The number of ether oxygens (including phenoxy) is 3. The van der Waals surface area contributed by atoms with Crippen molar-refractivity contribution in [3.8, 4) is 11.5 Å². The quantitative estimate of drug-likeness (QED) is 0.526. The standard InChI is InChI=1S/C21H23NO6/c1-4-26-17-11-10-14(12-18(17)27-5-2)19(23)15-8-6-7-9-16(15)21(25)28-13(3)20(22)24/h6-13H,4-5H2,1-3H3,(H2,22,24). The van der Waals surface area contributed by atoms with Gasteiger partial charge in [-0.25, -0.2) is 4.79 Å². The third-order valence-corrected chi connectivity index (χ3v) is 3.88. The number of rotatable bonds is 9. The van der Waals surface area contributed by atoms with Gasteiger partial charge in [0.15, 0.2) is 23.4 Å². The number of esters is 1. The number of hydrogen-bond acceptors (Lipinski definition) is 6. The van der Waals surface area contributed by atoms with Crippen LogP contribution in [0.2, 0.25) is 0 Å². The Morgan fingerprint density at radius 3 is 2.14 bits per heavy atom. The minimum atomic E-state index is -1.11. The average molecular weight is 385 g/mol. The molecule has 0 spiro atoms. The number of ketones is 1. The van der Waals surface area contributed by atoms with Gasteiger partial charge in [0.05, 0.1) is 18.8 Å². The van der Waals surface area contributed by atoms with E-state index in [2.05, 4.69) is 0 Å². The van der Waals surface area contributed by atoms with E-state index in [1.807, 2.05) is 13.8 Å². The maximum absolute atomic E-state index is 13.0. The predicted octanol–water partition coefficient (Wildman–Crippen LogP) is 2.75. The molecule has 1 amide bonds. The Bertz CT molecular complexity index is 877. The van der Waals surface area contributed by atoms with Crippen LogP contribution in [-0.4, -0.2) is 37.0 Å². The molecule has 0 fully saturated rings. The first-order chi connectivity index (χ1) is 13.4. The Morgan fingerprint density at radius 1 is 0.929 bits per heavy atom. The van der Waals surface area contributed by atoms with E-state index < -0.39 is 18.0 Å². The van der Waals surface area contributed by atoms with Gasteiger partial charge in [0.2, 0.25) is 0 Å². The van der Waals surface area contributed by atoms with Crippen LogP contribution in [0, 0.1) is 0 Å². The highest BCUT2D eigenvalue weighted by Crippen LogP contribution is 2.30. The fourth-order valence-corrected chi connectivity index (χ4v) is 2.49. The van der Waals surface area contributed by atoms with Crippen molar-refractivity contribution < 1.29 is 28.6 Å². The number of primary amides is 1. The molecule has 1 atom stereocenters. The minimum Gasteiger partial charge on any atom is -0.490 e. The molecule has 7 nitrogen and oxygen atoms in total. The third kappa shape index (κ3) is 4.88. The number of carbonyl (C=O) groups excluding carboxylic acids is 3. The SMILES string of the molecule is CCOc1ccc(C(=O)c2ccccc2C(=O)OC(C)C(N)=O)cc1OCC. The molecule has 2 rings (SSSR count). The van der Waals surface area contributed by atoms with Crippen LogP contribution in [0.15, 0.2) is 42.5 Å². The van der Waals surface area contributed by atoms with E-state index in [9.17, 15) is 14.4 Å². The van der Waals surface area contributed by atoms with Gasteiger partial charge < -0.3 is 19.9 Å². The van der Waals surface area contributed by atoms with Gasteiger partial charge in [0, 0.05) is 11.1 Å². The van der Waals surface area contributed by atoms with E-state index in [-0.39, 0.29) is 16.9 Å². The van der Waals surface area contributed by atoms with Crippen molar-refractivity contribution in [2.45, 2.75) is 26.9 Å². The molecule has 0 aromatic heterocycles. The molecular weight excluding hydrogens is 362 g/mol. The van der Waals surface area contributed by atoms with Gasteiger partial charge in [-0.3, -0.25) is 9.59 Å². The molecule has 0 aliphatic heterocycles. The normalized spacial score (nSPS) is 11.4. The fourth-order valence-electron chi connectivity index (χ4n) is 2.49. The van der Waals surface area contributed by atoms with Crippen LogP contribution in [-0.2, 0) is 9.53 Å². The lowest BCUT2D eigenvalue weighted by molar-refractivity contribution is -0.125. The van der Waals surface area contributed by atoms with E-state index in [4.69, 9.17) is 19.9 Å². The van der Waals surface area contributed by atoms with Crippen molar-refractivity contribution in [3.05, 3.63) is 59.2 Å². The first kappa shape index (κ1) is 21.0. The van der Waals surface area contributed by atoms with Crippen molar-refractivity contribution in [2.24, 2.45) is 5.73 Å². The van der Waals surface area contributed by atoms with E-state index in [1.54, 1.807) is 30.3 Å². The highest BCUT2D eigenvalue weighted by atomic mass is 16.5. The topological polar surface area (TPSA) is 105 Å². The summed E-state index contributed by atoms with van der Waals surface area (Å²) in [5.41, 5.74) is 5.65. The first-order valence-corrected chi connectivity index (χ1v) is 8.92. The lowest BCUT2D eigenvalue weighted by Crippen LogP contribution is -2.30. The van der Waals surface area contributed by atoms with Crippen molar-refractivity contribution in [3.63, 3.8) is 0 Å². The summed E-state index contributed by atoms with van der Waals surface area (Å²) in [6.45, 7) is 5.91. The van der Waals surface area contributed by atoms with Crippen LogP contribution in [0.5, 0.6) is 11.5 Å². The van der Waals surface area contributed by atoms with E-state index in [1.165, 1.54) is 19.1 Å². The predicted molar refractivity (Wildman–Crippen MR) is 103 cm³/mol. The zero-order chi connectivity index (χ0) is 20.7. The summed E-state index contributed by atoms with van der Waals surface area (Å²) in [5, 5.41) is 0. The highest BCUT2D eigenvalue weighted by molar-refractivity contribution is 6.14.